The highest BCUT2D eigenvalue weighted by Gasteiger charge is 2.12. The highest BCUT2D eigenvalue weighted by molar-refractivity contribution is 5.25. The molecule has 1 aromatic rings. The lowest BCUT2D eigenvalue weighted by molar-refractivity contribution is 0.0393. The van der Waals surface area contributed by atoms with Crippen LogP contribution < -0.4 is 10.6 Å². The smallest absolute Gasteiger partial charge is 0.202 e. The third kappa shape index (κ3) is 3.71. The summed E-state index contributed by atoms with van der Waals surface area (Å²) in [5.41, 5.74) is 0. The van der Waals surface area contributed by atoms with E-state index in [0.29, 0.717) is 6.10 Å². The maximum absolute atomic E-state index is 5.82. The van der Waals surface area contributed by atoms with Gasteiger partial charge in [0, 0.05) is 25.5 Å². The molecule has 5 heteroatoms. The van der Waals surface area contributed by atoms with Gasteiger partial charge in [-0.3, -0.25) is 0 Å². The Morgan fingerprint density at radius 1 is 1.53 bits per heavy atom. The molecule has 1 aliphatic heterocycles. The van der Waals surface area contributed by atoms with Crippen molar-refractivity contribution in [1.82, 2.24) is 14.9 Å². The van der Waals surface area contributed by atoms with E-state index in [1.807, 2.05) is 12.4 Å². The highest BCUT2D eigenvalue weighted by atomic mass is 16.5. The van der Waals surface area contributed by atoms with Crippen molar-refractivity contribution < 1.29 is 4.74 Å². The summed E-state index contributed by atoms with van der Waals surface area (Å²) in [6.45, 7) is 6.79. The molecule has 1 saturated heterocycles. The number of hydrogen-bond acceptors (Lipinski definition) is 4. The van der Waals surface area contributed by atoms with E-state index in [0.717, 1.165) is 51.6 Å². The number of aromatic nitrogens is 2. The third-order valence-electron chi connectivity index (χ3n) is 3.08. The number of imidazole rings is 1. The number of nitrogens with one attached hydrogen (secondary N) is 2. The maximum Gasteiger partial charge on any atom is 0.202 e. The Balaban J connectivity index is 1.62. The van der Waals surface area contributed by atoms with E-state index in [1.54, 1.807) is 0 Å². The van der Waals surface area contributed by atoms with Crippen molar-refractivity contribution in [1.29, 1.82) is 0 Å². The quantitative estimate of drug-likeness (QED) is 0.728. The van der Waals surface area contributed by atoms with Crippen molar-refractivity contribution >= 4 is 5.95 Å². The predicted octanol–water partition coefficient (Wildman–Crippen LogP) is 1.08. The van der Waals surface area contributed by atoms with Gasteiger partial charge in [-0.15, -0.1) is 0 Å². The molecule has 2 rings (SSSR count). The summed E-state index contributed by atoms with van der Waals surface area (Å²) in [5, 5.41) is 6.63. The van der Waals surface area contributed by atoms with E-state index in [1.165, 1.54) is 0 Å². The van der Waals surface area contributed by atoms with Crippen LogP contribution in [0.5, 0.6) is 0 Å². The van der Waals surface area contributed by atoms with Crippen molar-refractivity contribution in [3.63, 3.8) is 0 Å². The van der Waals surface area contributed by atoms with Gasteiger partial charge in [-0.2, -0.15) is 0 Å². The summed E-state index contributed by atoms with van der Waals surface area (Å²) >= 11 is 0. The molecule has 0 bridgehead atoms. The fraction of sp³-hybridized carbons (Fsp3) is 0.750. The van der Waals surface area contributed by atoms with Crippen LogP contribution >= 0.6 is 0 Å². The van der Waals surface area contributed by atoms with Crippen LogP contribution in [0, 0.1) is 0 Å². The van der Waals surface area contributed by atoms with Gasteiger partial charge in [-0.1, -0.05) is 0 Å². The van der Waals surface area contributed by atoms with Crippen molar-refractivity contribution in [2.75, 3.05) is 31.6 Å². The second kappa shape index (κ2) is 6.61. The first-order chi connectivity index (χ1) is 8.40. The predicted molar refractivity (Wildman–Crippen MR) is 68.2 cm³/mol. The minimum Gasteiger partial charge on any atom is -0.376 e. The van der Waals surface area contributed by atoms with E-state index >= 15 is 0 Å². The van der Waals surface area contributed by atoms with Crippen LogP contribution in [0.25, 0.3) is 0 Å². The first-order valence-electron chi connectivity index (χ1n) is 6.47. The first kappa shape index (κ1) is 12.4. The number of hydrogen-bond donors (Lipinski definition) is 2. The van der Waals surface area contributed by atoms with Crippen LogP contribution in [-0.2, 0) is 11.3 Å². The molecule has 0 atom stereocenters. The molecule has 1 aromatic heterocycles. The molecule has 17 heavy (non-hydrogen) atoms. The fourth-order valence-electron chi connectivity index (χ4n) is 2.08. The molecule has 2 N–H and O–H groups in total. The van der Waals surface area contributed by atoms with Crippen molar-refractivity contribution in [2.45, 2.75) is 32.4 Å². The Morgan fingerprint density at radius 3 is 3.12 bits per heavy atom. The van der Waals surface area contributed by atoms with E-state index in [-0.39, 0.29) is 0 Å². The number of aryl methyl sites for hydroxylation is 1. The molecule has 1 fully saturated rings. The van der Waals surface area contributed by atoms with Gasteiger partial charge < -0.3 is 19.9 Å². The average Bonchev–Trinajstić information content (AvgIpc) is 2.83. The Hall–Kier alpha value is -1.07. The van der Waals surface area contributed by atoms with E-state index in [2.05, 4.69) is 27.1 Å². The molecule has 0 unspecified atom stereocenters. The van der Waals surface area contributed by atoms with Gasteiger partial charge in [0.1, 0.15) is 0 Å². The average molecular weight is 238 g/mol. The van der Waals surface area contributed by atoms with Gasteiger partial charge in [0.05, 0.1) is 12.7 Å². The third-order valence-corrected chi connectivity index (χ3v) is 3.08. The van der Waals surface area contributed by atoms with Gasteiger partial charge in [-0.05, 0) is 32.9 Å². The van der Waals surface area contributed by atoms with E-state index < -0.39 is 0 Å². The van der Waals surface area contributed by atoms with Crippen LogP contribution in [0.4, 0.5) is 5.95 Å². The van der Waals surface area contributed by atoms with Crippen LogP contribution in [0.1, 0.15) is 19.8 Å². The minimum absolute atomic E-state index is 0.434. The molecule has 0 amide bonds. The SMILES string of the molecule is CCn1ccnc1NCCOC1CCNCC1. The summed E-state index contributed by atoms with van der Waals surface area (Å²) in [6, 6.07) is 0. The highest BCUT2D eigenvalue weighted by Crippen LogP contribution is 2.07. The Kier molecular flexibility index (Phi) is 4.82. The summed E-state index contributed by atoms with van der Waals surface area (Å²) in [7, 11) is 0. The summed E-state index contributed by atoms with van der Waals surface area (Å²) < 4.78 is 7.90. The molecule has 0 radical (unpaired) electrons. The van der Waals surface area contributed by atoms with Gasteiger partial charge in [0.25, 0.3) is 0 Å². The molecule has 5 nitrogen and oxygen atoms in total. The normalized spacial score (nSPS) is 17.2. The molecule has 0 aromatic carbocycles. The Morgan fingerprint density at radius 2 is 2.35 bits per heavy atom. The van der Waals surface area contributed by atoms with Crippen molar-refractivity contribution in [2.24, 2.45) is 0 Å². The van der Waals surface area contributed by atoms with Gasteiger partial charge in [0.15, 0.2) is 0 Å². The lowest BCUT2D eigenvalue weighted by Gasteiger charge is -2.23. The second-order valence-corrected chi connectivity index (χ2v) is 4.28. The zero-order chi connectivity index (χ0) is 11.9. The fourth-order valence-corrected chi connectivity index (χ4v) is 2.08. The van der Waals surface area contributed by atoms with Crippen LogP contribution in [-0.4, -0.2) is 41.9 Å². The Bertz CT molecular complexity index is 320. The standard InChI is InChI=1S/C12H22N4O/c1-2-16-9-7-14-12(16)15-8-10-17-11-3-5-13-6-4-11/h7,9,11,13H,2-6,8,10H2,1H3,(H,14,15). The molecular weight excluding hydrogens is 216 g/mol. The summed E-state index contributed by atoms with van der Waals surface area (Å²) in [6.07, 6.45) is 6.49. The lowest BCUT2D eigenvalue weighted by atomic mass is 10.1. The van der Waals surface area contributed by atoms with Crippen LogP contribution in [0.15, 0.2) is 12.4 Å². The summed E-state index contributed by atoms with van der Waals surface area (Å²) in [4.78, 5) is 4.26. The molecule has 2 heterocycles. The molecule has 1 aliphatic rings. The topological polar surface area (TPSA) is 51.1 Å². The number of ether oxygens (including phenoxy) is 1. The number of anilines is 1. The largest absolute Gasteiger partial charge is 0.376 e. The zero-order valence-electron chi connectivity index (χ0n) is 10.5. The van der Waals surface area contributed by atoms with Crippen LogP contribution in [0.2, 0.25) is 0 Å². The summed E-state index contributed by atoms with van der Waals surface area (Å²) in [5.74, 6) is 0.932. The van der Waals surface area contributed by atoms with Gasteiger partial charge >= 0.3 is 0 Å². The van der Waals surface area contributed by atoms with Gasteiger partial charge in [-0.25, -0.2) is 4.98 Å². The van der Waals surface area contributed by atoms with Crippen molar-refractivity contribution in [3.8, 4) is 0 Å². The van der Waals surface area contributed by atoms with Crippen molar-refractivity contribution in [3.05, 3.63) is 12.4 Å². The van der Waals surface area contributed by atoms with Gasteiger partial charge in [0.2, 0.25) is 5.95 Å². The maximum atomic E-state index is 5.82. The molecule has 0 saturated carbocycles. The zero-order valence-corrected chi connectivity index (χ0v) is 10.5. The number of nitrogens with zero attached hydrogens (tertiary/aromatic N) is 2. The van der Waals surface area contributed by atoms with E-state index in [4.69, 9.17) is 4.74 Å². The number of piperidine rings is 1. The molecule has 0 spiro atoms. The molecular formula is C12H22N4O. The van der Waals surface area contributed by atoms with Crippen LogP contribution in [0.3, 0.4) is 0 Å². The molecule has 96 valence electrons. The second-order valence-electron chi connectivity index (χ2n) is 4.28. The minimum atomic E-state index is 0.434. The number of rotatable bonds is 6. The molecule has 0 aliphatic carbocycles. The first-order valence-corrected chi connectivity index (χ1v) is 6.47. The van der Waals surface area contributed by atoms with E-state index in [9.17, 15) is 0 Å². The Labute approximate surface area is 103 Å². The monoisotopic (exact) mass is 238 g/mol. The lowest BCUT2D eigenvalue weighted by Crippen LogP contribution is -2.33.